The minimum Gasteiger partial charge on any atom is -0.336 e. The third-order valence-electron chi connectivity index (χ3n) is 7.46. The molecule has 1 aliphatic rings. The minimum atomic E-state index is 0.204. The number of nitrogens with two attached hydrogens (primary N) is 1. The van der Waals surface area contributed by atoms with Crippen LogP contribution in [0.1, 0.15) is 30.0 Å². The average molecular weight is 522 g/mol. The van der Waals surface area contributed by atoms with Crippen LogP contribution < -0.4 is 11.2 Å². The topological polar surface area (TPSA) is 60.4 Å². The molecule has 1 unspecified atom stereocenters. The van der Waals surface area contributed by atoms with Gasteiger partial charge in [-0.3, -0.25) is 4.79 Å². The van der Waals surface area contributed by atoms with E-state index >= 15 is 0 Å². The summed E-state index contributed by atoms with van der Waals surface area (Å²) < 4.78 is 1.95. The van der Waals surface area contributed by atoms with Gasteiger partial charge in [0.25, 0.3) is 0 Å². The van der Waals surface area contributed by atoms with Crippen LogP contribution >= 0.6 is 11.6 Å². The number of aldehydes is 1. The van der Waals surface area contributed by atoms with Crippen molar-refractivity contribution in [1.29, 1.82) is 0 Å². The summed E-state index contributed by atoms with van der Waals surface area (Å²) >= 11 is 7.09. The van der Waals surface area contributed by atoms with Crippen molar-refractivity contribution in [3.05, 3.63) is 112 Å². The lowest BCUT2D eigenvalue weighted by Gasteiger charge is -2.16. The van der Waals surface area contributed by atoms with Crippen molar-refractivity contribution >= 4 is 17.9 Å². The number of aryl methyl sites for hydroxylation is 1. The van der Waals surface area contributed by atoms with E-state index in [1.54, 1.807) is 6.20 Å². The predicted octanol–water partition coefficient (Wildman–Crippen LogP) is 6.81. The number of pyridine rings is 1. The van der Waals surface area contributed by atoms with Crippen LogP contribution in [0.5, 0.6) is 0 Å². The molecule has 5 heteroatoms. The third kappa shape index (κ3) is 5.02. The second-order valence-electron chi connectivity index (χ2n) is 9.99. The van der Waals surface area contributed by atoms with Crippen molar-refractivity contribution in [2.45, 2.75) is 39.2 Å². The van der Waals surface area contributed by atoms with Gasteiger partial charge in [-0.15, -0.1) is 0 Å². The summed E-state index contributed by atoms with van der Waals surface area (Å²) in [5.41, 5.74) is 17.9. The Morgan fingerprint density at radius 2 is 1.66 bits per heavy atom. The maximum absolute atomic E-state index is 11.2. The highest BCUT2D eigenvalue weighted by Gasteiger charge is 2.20. The Balaban J connectivity index is 1.57. The first-order valence-electron chi connectivity index (χ1n) is 13.0. The number of rotatable bonds is 6. The highest BCUT2D eigenvalue weighted by Crippen LogP contribution is 2.40. The normalized spacial score (nSPS) is 15.6. The fraction of sp³-hybridized carbons (Fsp3) is 0.212. The van der Waals surface area contributed by atoms with Gasteiger partial charge in [-0.05, 0) is 77.3 Å². The average Bonchev–Trinajstić information content (AvgIpc) is 3.30. The van der Waals surface area contributed by atoms with Gasteiger partial charge in [-0.2, -0.15) is 0 Å². The SMILES string of the molecule is CC/C(C=O)=C/N=c1/cc(-c2cccc(-c3cccc(-c4ccc5c(c4)CC(N)C5)c3Cl)c2C)ccn1C. The predicted molar refractivity (Wildman–Crippen MR) is 157 cm³/mol. The van der Waals surface area contributed by atoms with E-state index in [-0.39, 0.29) is 6.04 Å². The Bertz CT molecular complexity index is 1630. The molecule has 4 nitrogen and oxygen atoms in total. The van der Waals surface area contributed by atoms with Gasteiger partial charge < -0.3 is 10.3 Å². The number of carbonyl (C=O) groups is 1. The number of benzene rings is 3. The van der Waals surface area contributed by atoms with Crippen LogP contribution in [-0.2, 0) is 24.7 Å². The van der Waals surface area contributed by atoms with Gasteiger partial charge in [0.2, 0.25) is 0 Å². The molecule has 0 saturated heterocycles. The van der Waals surface area contributed by atoms with Gasteiger partial charge in [-0.25, -0.2) is 4.99 Å². The van der Waals surface area contributed by atoms with Crippen LogP contribution in [0.3, 0.4) is 0 Å². The molecule has 0 spiro atoms. The smallest absolute Gasteiger partial charge is 0.147 e. The standard InChI is InChI=1S/C33H32ClN3O/c1-4-22(20-38)19-36-32-18-25(13-14-37(32)3)28-7-5-8-29(21(28)2)31-10-6-9-30(33(31)34)24-12-11-23-16-27(35)17-26(23)15-24/h5-15,18-20,27H,4,16-17,35H2,1-3H3/b22-19-,36-32-. The molecule has 4 aromatic rings. The second kappa shape index (κ2) is 10.9. The molecule has 1 heterocycles. The van der Waals surface area contributed by atoms with Crippen LogP contribution in [0, 0.1) is 6.92 Å². The lowest BCUT2D eigenvalue weighted by Crippen LogP contribution is -2.18. The van der Waals surface area contributed by atoms with Crippen LogP contribution in [0.2, 0.25) is 5.02 Å². The molecule has 0 radical (unpaired) electrons. The zero-order valence-corrected chi connectivity index (χ0v) is 22.8. The zero-order valence-electron chi connectivity index (χ0n) is 22.0. The summed E-state index contributed by atoms with van der Waals surface area (Å²) in [6.07, 6.45) is 7.00. The van der Waals surface area contributed by atoms with Crippen molar-refractivity contribution in [3.8, 4) is 33.4 Å². The van der Waals surface area contributed by atoms with Crippen molar-refractivity contribution in [3.63, 3.8) is 0 Å². The molecule has 38 heavy (non-hydrogen) atoms. The Morgan fingerprint density at radius 1 is 0.974 bits per heavy atom. The van der Waals surface area contributed by atoms with Crippen molar-refractivity contribution in [2.75, 3.05) is 0 Å². The number of fused-ring (bicyclic) bond motifs is 1. The van der Waals surface area contributed by atoms with Crippen LogP contribution in [-0.4, -0.2) is 16.9 Å². The fourth-order valence-corrected chi connectivity index (χ4v) is 5.57. The van der Waals surface area contributed by atoms with E-state index in [0.29, 0.717) is 12.0 Å². The first-order chi connectivity index (χ1) is 18.4. The van der Waals surface area contributed by atoms with Crippen molar-refractivity contribution < 1.29 is 4.79 Å². The molecule has 0 saturated carbocycles. The molecule has 1 aliphatic carbocycles. The molecule has 0 bridgehead atoms. The van der Waals surface area contributed by atoms with Gasteiger partial charge in [-0.1, -0.05) is 73.1 Å². The maximum atomic E-state index is 11.2. The summed E-state index contributed by atoms with van der Waals surface area (Å²) in [5.74, 6) is 0. The summed E-state index contributed by atoms with van der Waals surface area (Å²) in [5, 5.41) is 0.747. The van der Waals surface area contributed by atoms with Gasteiger partial charge in [0, 0.05) is 42.2 Å². The number of allylic oxidation sites excluding steroid dienone is 1. The largest absolute Gasteiger partial charge is 0.336 e. The molecule has 0 amide bonds. The number of hydrogen-bond donors (Lipinski definition) is 1. The fourth-order valence-electron chi connectivity index (χ4n) is 5.23. The number of aromatic nitrogens is 1. The molecular weight excluding hydrogens is 490 g/mol. The number of hydrogen-bond acceptors (Lipinski definition) is 3. The Kier molecular flexibility index (Phi) is 7.46. The summed E-state index contributed by atoms with van der Waals surface area (Å²) in [6.45, 7) is 4.08. The van der Waals surface area contributed by atoms with Gasteiger partial charge >= 0.3 is 0 Å². The maximum Gasteiger partial charge on any atom is 0.147 e. The lowest BCUT2D eigenvalue weighted by molar-refractivity contribution is -0.105. The van der Waals surface area contributed by atoms with E-state index in [0.717, 1.165) is 68.6 Å². The van der Waals surface area contributed by atoms with Gasteiger partial charge in [0.1, 0.15) is 11.8 Å². The van der Waals surface area contributed by atoms with Crippen molar-refractivity contribution in [2.24, 2.45) is 17.8 Å². The molecule has 1 aromatic heterocycles. The third-order valence-corrected chi connectivity index (χ3v) is 7.87. The quantitative estimate of drug-likeness (QED) is 0.224. The highest BCUT2D eigenvalue weighted by molar-refractivity contribution is 6.36. The molecule has 0 fully saturated rings. The summed E-state index contributed by atoms with van der Waals surface area (Å²) in [6, 6.07) is 23.5. The van der Waals surface area contributed by atoms with Crippen LogP contribution in [0.25, 0.3) is 33.4 Å². The number of carbonyl (C=O) groups excluding carboxylic acids is 1. The molecule has 5 rings (SSSR count). The first kappa shape index (κ1) is 25.9. The summed E-state index contributed by atoms with van der Waals surface area (Å²) in [4.78, 5) is 15.8. The Hall–Kier alpha value is -3.73. The summed E-state index contributed by atoms with van der Waals surface area (Å²) in [7, 11) is 1.95. The second-order valence-corrected chi connectivity index (χ2v) is 10.4. The molecule has 192 valence electrons. The Labute approximate surface area is 229 Å². The lowest BCUT2D eigenvalue weighted by atomic mass is 9.91. The van der Waals surface area contributed by atoms with E-state index in [9.17, 15) is 4.79 Å². The van der Waals surface area contributed by atoms with E-state index in [1.165, 1.54) is 11.1 Å². The van der Waals surface area contributed by atoms with E-state index in [2.05, 4.69) is 72.6 Å². The van der Waals surface area contributed by atoms with Crippen molar-refractivity contribution in [1.82, 2.24) is 4.57 Å². The monoisotopic (exact) mass is 521 g/mol. The molecule has 1 atom stereocenters. The molecular formula is C33H32ClN3O. The number of nitrogens with zero attached hydrogens (tertiary/aromatic N) is 2. The van der Waals surface area contributed by atoms with Crippen LogP contribution in [0.15, 0.2) is 89.7 Å². The van der Waals surface area contributed by atoms with Gasteiger partial charge in [0.15, 0.2) is 0 Å². The molecule has 0 aliphatic heterocycles. The zero-order chi connectivity index (χ0) is 26.8. The number of halogens is 1. The molecule has 3 aromatic carbocycles. The first-order valence-corrected chi connectivity index (χ1v) is 13.4. The van der Waals surface area contributed by atoms with Gasteiger partial charge in [0.05, 0.1) is 5.02 Å². The van der Waals surface area contributed by atoms with E-state index in [1.807, 2.05) is 30.8 Å². The minimum absolute atomic E-state index is 0.204. The van der Waals surface area contributed by atoms with E-state index < -0.39 is 0 Å². The highest BCUT2D eigenvalue weighted by atomic mass is 35.5. The van der Waals surface area contributed by atoms with Crippen LogP contribution in [0.4, 0.5) is 0 Å². The van der Waals surface area contributed by atoms with E-state index in [4.69, 9.17) is 17.3 Å². The molecule has 2 N–H and O–H groups in total. The Morgan fingerprint density at radius 3 is 2.42 bits per heavy atom.